The fraction of sp³-hybridized carbons (Fsp3) is 0.625. The third-order valence-corrected chi connectivity index (χ3v) is 5.37. The van der Waals surface area contributed by atoms with Crippen LogP contribution in [0.25, 0.3) is 0 Å². The van der Waals surface area contributed by atoms with E-state index in [-0.39, 0.29) is 6.04 Å². The van der Waals surface area contributed by atoms with Crippen LogP contribution >= 0.6 is 23.2 Å². The molecular formula is C16H23Cl2N. The molecule has 0 saturated heterocycles. The Bertz CT molecular complexity index is 433. The van der Waals surface area contributed by atoms with Gasteiger partial charge in [0.25, 0.3) is 0 Å². The third-order valence-electron chi connectivity index (χ3n) is 4.53. The van der Waals surface area contributed by atoms with Gasteiger partial charge in [0.15, 0.2) is 0 Å². The summed E-state index contributed by atoms with van der Waals surface area (Å²) in [6.45, 7) is 6.88. The Balaban J connectivity index is 2.01. The van der Waals surface area contributed by atoms with Crippen molar-refractivity contribution in [3.05, 3.63) is 33.8 Å². The average Bonchev–Trinajstić information content (AvgIpc) is 2.37. The molecule has 0 heterocycles. The Morgan fingerprint density at radius 3 is 2.58 bits per heavy atom. The summed E-state index contributed by atoms with van der Waals surface area (Å²) in [5.74, 6) is 1.65. The number of hydrogen-bond acceptors (Lipinski definition) is 1. The summed E-state index contributed by atoms with van der Waals surface area (Å²) in [5.41, 5.74) is 1.10. The van der Waals surface area contributed by atoms with Crippen LogP contribution in [0.15, 0.2) is 18.2 Å². The van der Waals surface area contributed by atoms with Crippen molar-refractivity contribution in [2.24, 2.45) is 11.8 Å². The first-order valence-electron chi connectivity index (χ1n) is 7.19. The zero-order chi connectivity index (χ0) is 14.0. The van der Waals surface area contributed by atoms with Crippen LogP contribution in [-0.2, 0) is 0 Å². The van der Waals surface area contributed by atoms with Gasteiger partial charge in [0.1, 0.15) is 0 Å². The average molecular weight is 300 g/mol. The van der Waals surface area contributed by atoms with Crippen LogP contribution in [0.2, 0.25) is 10.0 Å². The molecule has 3 heteroatoms. The molecule has 1 fully saturated rings. The molecule has 19 heavy (non-hydrogen) atoms. The van der Waals surface area contributed by atoms with Gasteiger partial charge in [-0.05, 0) is 49.7 Å². The highest BCUT2D eigenvalue weighted by Gasteiger charge is 2.26. The molecule has 1 aliphatic rings. The van der Waals surface area contributed by atoms with Crippen molar-refractivity contribution in [1.82, 2.24) is 5.32 Å². The maximum atomic E-state index is 6.29. The van der Waals surface area contributed by atoms with E-state index in [0.717, 1.165) is 17.4 Å². The molecule has 0 spiro atoms. The van der Waals surface area contributed by atoms with Crippen molar-refractivity contribution in [1.29, 1.82) is 0 Å². The number of nitrogens with one attached hydrogen (secondary N) is 1. The Kier molecular flexibility index (Phi) is 5.16. The molecule has 1 aromatic carbocycles. The lowest BCUT2D eigenvalue weighted by Gasteiger charge is -2.34. The minimum absolute atomic E-state index is 0.247. The van der Waals surface area contributed by atoms with E-state index >= 15 is 0 Å². The van der Waals surface area contributed by atoms with Gasteiger partial charge in [0.2, 0.25) is 0 Å². The lowest BCUT2D eigenvalue weighted by atomic mass is 9.79. The smallest absolute Gasteiger partial charge is 0.0639 e. The van der Waals surface area contributed by atoms with Crippen molar-refractivity contribution >= 4 is 23.2 Å². The molecule has 0 bridgehead atoms. The molecule has 1 aromatic rings. The summed E-state index contributed by atoms with van der Waals surface area (Å²) < 4.78 is 0. The zero-order valence-electron chi connectivity index (χ0n) is 11.9. The molecule has 4 unspecified atom stereocenters. The number of halogens is 2. The zero-order valence-corrected chi connectivity index (χ0v) is 13.4. The van der Waals surface area contributed by atoms with E-state index in [2.05, 4.69) is 32.2 Å². The van der Waals surface area contributed by atoms with E-state index in [1.807, 2.05) is 12.1 Å². The molecule has 2 rings (SSSR count). The van der Waals surface area contributed by atoms with Crippen LogP contribution in [0.1, 0.15) is 51.6 Å². The predicted octanol–water partition coefficient (Wildman–Crippen LogP) is 5.47. The lowest BCUT2D eigenvalue weighted by Crippen LogP contribution is -2.37. The SMILES string of the molecule is CC(NC1CCC(C)C(C)C1)c1cccc(Cl)c1Cl. The highest BCUT2D eigenvalue weighted by molar-refractivity contribution is 6.42. The van der Waals surface area contributed by atoms with Crippen molar-refractivity contribution in [3.63, 3.8) is 0 Å². The minimum Gasteiger partial charge on any atom is -0.307 e. The molecular weight excluding hydrogens is 277 g/mol. The van der Waals surface area contributed by atoms with E-state index in [1.165, 1.54) is 19.3 Å². The maximum Gasteiger partial charge on any atom is 0.0639 e. The second-order valence-corrected chi connectivity index (χ2v) is 6.78. The first kappa shape index (κ1) is 15.2. The molecule has 106 valence electrons. The molecule has 1 aliphatic carbocycles. The Morgan fingerprint density at radius 2 is 1.89 bits per heavy atom. The summed E-state index contributed by atoms with van der Waals surface area (Å²) in [4.78, 5) is 0. The first-order chi connectivity index (χ1) is 8.99. The molecule has 1 nitrogen and oxygen atoms in total. The number of hydrogen-bond donors (Lipinski definition) is 1. The van der Waals surface area contributed by atoms with Gasteiger partial charge in [0, 0.05) is 12.1 Å². The van der Waals surface area contributed by atoms with Crippen LogP contribution in [0.3, 0.4) is 0 Å². The quantitative estimate of drug-likeness (QED) is 0.780. The summed E-state index contributed by atoms with van der Waals surface area (Å²) >= 11 is 12.4. The highest BCUT2D eigenvalue weighted by Crippen LogP contribution is 2.33. The Morgan fingerprint density at radius 1 is 1.16 bits per heavy atom. The van der Waals surface area contributed by atoms with Gasteiger partial charge in [-0.25, -0.2) is 0 Å². The lowest BCUT2D eigenvalue weighted by molar-refractivity contribution is 0.217. The highest BCUT2D eigenvalue weighted by atomic mass is 35.5. The molecule has 1 N–H and O–H groups in total. The normalized spacial score (nSPS) is 29.2. The Hall–Kier alpha value is -0.240. The van der Waals surface area contributed by atoms with Crippen molar-refractivity contribution < 1.29 is 0 Å². The van der Waals surface area contributed by atoms with E-state index in [1.54, 1.807) is 0 Å². The third kappa shape index (κ3) is 3.65. The predicted molar refractivity (Wildman–Crippen MR) is 84.0 cm³/mol. The van der Waals surface area contributed by atoms with E-state index in [9.17, 15) is 0 Å². The molecule has 0 amide bonds. The molecule has 1 saturated carbocycles. The van der Waals surface area contributed by atoms with Gasteiger partial charge in [-0.15, -0.1) is 0 Å². The molecule has 0 aromatic heterocycles. The van der Waals surface area contributed by atoms with E-state index < -0.39 is 0 Å². The van der Waals surface area contributed by atoms with Crippen LogP contribution in [0, 0.1) is 11.8 Å². The van der Waals surface area contributed by atoms with Gasteiger partial charge in [-0.2, -0.15) is 0 Å². The van der Waals surface area contributed by atoms with Gasteiger partial charge in [-0.1, -0.05) is 49.2 Å². The fourth-order valence-corrected chi connectivity index (χ4v) is 3.47. The molecule has 4 atom stereocenters. The summed E-state index contributed by atoms with van der Waals surface area (Å²) in [7, 11) is 0. The summed E-state index contributed by atoms with van der Waals surface area (Å²) in [6, 6.07) is 6.70. The first-order valence-corrected chi connectivity index (χ1v) is 7.94. The molecule has 0 aliphatic heterocycles. The van der Waals surface area contributed by atoms with E-state index in [0.29, 0.717) is 16.1 Å². The second kappa shape index (κ2) is 6.47. The maximum absolute atomic E-state index is 6.29. The van der Waals surface area contributed by atoms with Crippen LogP contribution in [0.5, 0.6) is 0 Å². The van der Waals surface area contributed by atoms with Gasteiger partial charge in [-0.3, -0.25) is 0 Å². The van der Waals surface area contributed by atoms with Crippen molar-refractivity contribution in [3.8, 4) is 0 Å². The van der Waals surface area contributed by atoms with Crippen molar-refractivity contribution in [2.45, 2.75) is 52.1 Å². The second-order valence-electron chi connectivity index (χ2n) is 6.00. The van der Waals surface area contributed by atoms with Gasteiger partial charge < -0.3 is 5.32 Å². The minimum atomic E-state index is 0.247. The summed E-state index contributed by atoms with van der Waals surface area (Å²) in [6.07, 6.45) is 3.83. The van der Waals surface area contributed by atoms with Crippen LogP contribution < -0.4 is 5.32 Å². The number of rotatable bonds is 3. The number of benzene rings is 1. The largest absolute Gasteiger partial charge is 0.307 e. The van der Waals surface area contributed by atoms with Crippen LogP contribution in [-0.4, -0.2) is 6.04 Å². The van der Waals surface area contributed by atoms with Gasteiger partial charge >= 0.3 is 0 Å². The standard InChI is InChI=1S/C16H23Cl2N/c1-10-7-8-13(9-11(10)2)19-12(3)14-5-4-6-15(17)16(14)18/h4-6,10-13,19H,7-9H2,1-3H3. The fourth-order valence-electron chi connectivity index (χ4n) is 3.00. The molecule has 0 radical (unpaired) electrons. The monoisotopic (exact) mass is 299 g/mol. The van der Waals surface area contributed by atoms with E-state index in [4.69, 9.17) is 23.2 Å². The van der Waals surface area contributed by atoms with Crippen molar-refractivity contribution in [2.75, 3.05) is 0 Å². The topological polar surface area (TPSA) is 12.0 Å². The van der Waals surface area contributed by atoms with Crippen LogP contribution in [0.4, 0.5) is 0 Å². The van der Waals surface area contributed by atoms with Gasteiger partial charge in [0.05, 0.1) is 10.0 Å². The Labute approximate surface area is 126 Å². The summed E-state index contributed by atoms with van der Waals surface area (Å²) in [5, 5.41) is 5.03.